The molecule has 1 saturated heterocycles. The number of nitrogens with zero attached hydrogens (tertiary/aromatic N) is 1. The van der Waals surface area contributed by atoms with Crippen molar-refractivity contribution in [1.29, 1.82) is 0 Å². The Hall–Kier alpha value is -3.39. The molecular weight excluding hydrogens is 760 g/mol. The fourth-order valence-electron chi connectivity index (χ4n) is 9.00. The lowest BCUT2D eigenvalue weighted by Crippen LogP contribution is -2.56. The number of aryl methyl sites for hydroxylation is 1. The predicted molar refractivity (Wildman–Crippen MR) is 213 cm³/mol. The molecule has 1 aromatic carbocycles. The molecule has 2 heterocycles. The van der Waals surface area contributed by atoms with Gasteiger partial charge in [0.25, 0.3) is 5.91 Å². The zero-order valence-corrected chi connectivity index (χ0v) is 34.9. The molecule has 0 bridgehead atoms. The molecule has 1 N–H and O–H groups in total. The number of amides is 1. The summed E-state index contributed by atoms with van der Waals surface area (Å²) in [6.07, 6.45) is 9.74. The summed E-state index contributed by atoms with van der Waals surface area (Å²) in [5.41, 5.74) is 1.68. The number of hydrogen-bond acceptors (Lipinski definition) is 11. The molecular formula is C42H59ClN2O10S. The number of ether oxygens (including phenoxy) is 5. The fraction of sp³-hybridized carbons (Fsp3) is 0.643. The van der Waals surface area contributed by atoms with Crippen molar-refractivity contribution in [3.05, 3.63) is 70.1 Å². The van der Waals surface area contributed by atoms with E-state index in [4.69, 9.17) is 35.3 Å². The summed E-state index contributed by atoms with van der Waals surface area (Å²) in [7, 11) is -4.05. The van der Waals surface area contributed by atoms with Crippen LogP contribution in [0.1, 0.15) is 96.6 Å². The van der Waals surface area contributed by atoms with E-state index in [1.165, 1.54) is 11.1 Å². The molecule has 1 aromatic rings. The van der Waals surface area contributed by atoms with Crippen LogP contribution in [0.25, 0.3) is 0 Å². The first kappa shape index (κ1) is 43.7. The first-order valence-corrected chi connectivity index (χ1v) is 22.1. The van der Waals surface area contributed by atoms with E-state index in [1.807, 2.05) is 12.1 Å². The van der Waals surface area contributed by atoms with Gasteiger partial charge in [-0.15, -0.1) is 0 Å². The number of esters is 2. The molecule has 5 rings (SSSR count). The minimum Gasteiger partial charge on any atom is -0.491 e. The van der Waals surface area contributed by atoms with Crippen molar-refractivity contribution in [3.8, 4) is 0 Å². The highest BCUT2D eigenvalue weighted by atomic mass is 35.5. The molecule has 0 radical (unpaired) electrons. The third kappa shape index (κ3) is 10.2. The number of carbonyl (C=O) groups excluding carboxylic acids is 3. The Labute approximate surface area is 337 Å². The van der Waals surface area contributed by atoms with Gasteiger partial charge in [-0.05, 0) is 113 Å². The molecule has 0 aromatic heterocycles. The zero-order chi connectivity index (χ0) is 40.5. The Morgan fingerprint density at radius 3 is 2.48 bits per heavy atom. The smallest absolute Gasteiger partial charge is 0.332 e. The van der Waals surface area contributed by atoms with Gasteiger partial charge in [0.1, 0.15) is 19.0 Å². The molecule has 2 aliphatic heterocycles. The molecule has 12 nitrogen and oxygen atoms in total. The first-order valence-electron chi connectivity index (χ1n) is 20.1. The Balaban J connectivity index is 1.61. The van der Waals surface area contributed by atoms with Gasteiger partial charge in [-0.3, -0.25) is 4.79 Å². The summed E-state index contributed by atoms with van der Waals surface area (Å²) in [5.74, 6) is -1.39. The van der Waals surface area contributed by atoms with Crippen molar-refractivity contribution < 1.29 is 46.5 Å². The van der Waals surface area contributed by atoms with Crippen molar-refractivity contribution >= 4 is 39.5 Å². The van der Waals surface area contributed by atoms with Crippen molar-refractivity contribution in [3.63, 3.8) is 0 Å². The maximum atomic E-state index is 13.7. The second-order valence-corrected chi connectivity index (χ2v) is 17.9. The molecule has 2 fully saturated rings. The average Bonchev–Trinajstić information content (AvgIpc) is 3.26. The zero-order valence-electron chi connectivity index (χ0n) is 33.4. The molecule has 1 saturated carbocycles. The van der Waals surface area contributed by atoms with Crippen LogP contribution in [0.5, 0.6) is 0 Å². The SMILES string of the molecule is C=C1OC[C@]2(CCCc3cc(Cl)ccc32)CN2C[C@@H]3CC[C@H]3[C@](COCC(=O)OCC)(OCC(=O)OCC)CCCC[C@@H](CC)S(=O)(=O)NC(=O)/C(=C/C)C=C12. The van der Waals surface area contributed by atoms with Crippen molar-refractivity contribution in [2.24, 2.45) is 11.8 Å². The predicted octanol–water partition coefficient (Wildman–Crippen LogP) is 6.31. The van der Waals surface area contributed by atoms with Crippen LogP contribution in [0.2, 0.25) is 5.02 Å². The quantitative estimate of drug-likeness (QED) is 0.209. The summed E-state index contributed by atoms with van der Waals surface area (Å²) in [6.45, 7) is 12.6. The molecule has 310 valence electrons. The van der Waals surface area contributed by atoms with Crippen molar-refractivity contribution in [1.82, 2.24) is 9.62 Å². The minimum atomic E-state index is -4.05. The van der Waals surface area contributed by atoms with Gasteiger partial charge in [0.15, 0.2) is 0 Å². The molecule has 5 atom stereocenters. The number of sulfonamides is 1. The highest BCUT2D eigenvalue weighted by Crippen LogP contribution is 2.49. The summed E-state index contributed by atoms with van der Waals surface area (Å²) in [5, 5.41) is -0.139. The number of rotatable bonds is 10. The van der Waals surface area contributed by atoms with Gasteiger partial charge in [-0.2, -0.15) is 0 Å². The summed E-state index contributed by atoms with van der Waals surface area (Å²) >= 11 is 6.48. The second-order valence-electron chi connectivity index (χ2n) is 15.5. The Morgan fingerprint density at radius 1 is 1.05 bits per heavy atom. The minimum absolute atomic E-state index is 0.0251. The average molecular weight is 819 g/mol. The maximum absolute atomic E-state index is 13.7. The van der Waals surface area contributed by atoms with Crippen molar-refractivity contribution in [2.75, 3.05) is 52.7 Å². The number of allylic oxidation sites excluding steroid dienone is 1. The van der Waals surface area contributed by atoms with Crippen LogP contribution in [-0.4, -0.2) is 94.7 Å². The monoisotopic (exact) mass is 818 g/mol. The second kappa shape index (κ2) is 19.4. The van der Waals surface area contributed by atoms with E-state index in [9.17, 15) is 22.8 Å². The van der Waals surface area contributed by atoms with Gasteiger partial charge in [0.2, 0.25) is 10.0 Å². The van der Waals surface area contributed by atoms with E-state index in [0.717, 1.165) is 32.1 Å². The molecule has 56 heavy (non-hydrogen) atoms. The molecule has 1 spiro atoms. The molecule has 0 unspecified atom stereocenters. The first-order chi connectivity index (χ1) is 26.8. The third-order valence-corrected chi connectivity index (χ3v) is 14.1. The number of halogens is 1. The normalized spacial score (nSPS) is 29.0. The summed E-state index contributed by atoms with van der Waals surface area (Å²) in [4.78, 5) is 41.2. The number of fused-ring (bicyclic) bond motifs is 4. The maximum Gasteiger partial charge on any atom is 0.332 e. The third-order valence-electron chi connectivity index (χ3n) is 12.0. The lowest BCUT2D eigenvalue weighted by Gasteiger charge is -2.52. The number of nitrogens with one attached hydrogen (secondary N) is 1. The van der Waals surface area contributed by atoms with Crippen LogP contribution in [0.3, 0.4) is 0 Å². The van der Waals surface area contributed by atoms with E-state index in [1.54, 1.807) is 39.8 Å². The van der Waals surface area contributed by atoms with Crippen LogP contribution >= 0.6 is 11.6 Å². The number of carbonyl (C=O) groups is 3. The van der Waals surface area contributed by atoms with Crippen LogP contribution in [0.4, 0.5) is 0 Å². The van der Waals surface area contributed by atoms with Crippen LogP contribution < -0.4 is 4.72 Å². The summed E-state index contributed by atoms with van der Waals surface area (Å²) in [6, 6.07) is 6.04. The Kier molecular flexibility index (Phi) is 15.1. The highest BCUT2D eigenvalue weighted by Gasteiger charge is 2.51. The molecule has 2 aliphatic carbocycles. The van der Waals surface area contributed by atoms with Crippen LogP contribution in [0.15, 0.2) is 54.0 Å². The van der Waals surface area contributed by atoms with E-state index in [-0.39, 0.29) is 50.4 Å². The number of benzene rings is 1. The van der Waals surface area contributed by atoms with Gasteiger partial charge in [-0.25, -0.2) is 22.7 Å². The topological polar surface area (TPSA) is 147 Å². The van der Waals surface area contributed by atoms with Gasteiger partial charge in [-0.1, -0.05) is 50.1 Å². The molecule has 1 amide bonds. The lowest BCUT2D eigenvalue weighted by atomic mass is 9.63. The molecule has 14 heteroatoms. The lowest BCUT2D eigenvalue weighted by molar-refractivity contribution is -0.191. The largest absolute Gasteiger partial charge is 0.491 e. The van der Waals surface area contributed by atoms with Gasteiger partial charge in [0, 0.05) is 29.1 Å². The summed E-state index contributed by atoms with van der Waals surface area (Å²) < 4.78 is 59.4. The van der Waals surface area contributed by atoms with Crippen molar-refractivity contribution in [2.45, 2.75) is 108 Å². The fourth-order valence-corrected chi connectivity index (χ4v) is 10.6. The standard InChI is InChI=1S/C42H59ClN2O10S/c1-6-30-22-37-29(5)54-27-41(19-12-13-31-21-33(43)16-18-35(31)41)26-45(37)23-32-15-17-36(32)42(55-25-39(47)53-9-4,28-51-24-38(46)52-8-3)20-11-10-14-34(7-2)56(49,50)44-40(30)48/h6,16,18,21-22,32,34,36H,5,7-15,17,19-20,23-28H2,1-4H3,(H,44,48)/b30-6+,37-22?/t32-,34+,36+,41-,42-/m0/s1. The Morgan fingerprint density at radius 2 is 1.80 bits per heavy atom. The molecule has 4 aliphatic rings. The number of hydrogen-bond donors (Lipinski definition) is 1. The van der Waals surface area contributed by atoms with Crippen LogP contribution in [0, 0.1) is 11.8 Å². The van der Waals surface area contributed by atoms with Crippen LogP contribution in [-0.2, 0) is 59.9 Å². The van der Waals surface area contributed by atoms with E-state index in [2.05, 4.69) is 22.3 Å². The van der Waals surface area contributed by atoms with E-state index >= 15 is 0 Å². The van der Waals surface area contributed by atoms with Gasteiger partial charge >= 0.3 is 11.9 Å². The van der Waals surface area contributed by atoms with Gasteiger partial charge < -0.3 is 28.6 Å². The van der Waals surface area contributed by atoms with Gasteiger partial charge in [0.05, 0.1) is 43.0 Å². The van der Waals surface area contributed by atoms with E-state index < -0.39 is 44.1 Å². The Bertz CT molecular complexity index is 1780. The van der Waals surface area contributed by atoms with E-state index in [0.29, 0.717) is 68.3 Å². The highest BCUT2D eigenvalue weighted by molar-refractivity contribution is 7.90.